The van der Waals surface area contributed by atoms with E-state index in [-0.39, 0.29) is 16.6 Å². The van der Waals surface area contributed by atoms with E-state index in [9.17, 15) is 9.00 Å². The second-order valence-electron chi connectivity index (χ2n) is 7.77. The number of hydrogen-bond acceptors (Lipinski definition) is 5. The number of anilines is 1. The van der Waals surface area contributed by atoms with Crippen LogP contribution in [0.2, 0.25) is 0 Å². The van der Waals surface area contributed by atoms with Gasteiger partial charge in [0.1, 0.15) is 4.88 Å². The van der Waals surface area contributed by atoms with Crippen molar-refractivity contribution in [3.8, 4) is 0 Å². The number of hydrogen-bond donors (Lipinski definition) is 1. The van der Waals surface area contributed by atoms with Crippen LogP contribution >= 0.6 is 11.3 Å². The van der Waals surface area contributed by atoms with Crippen LogP contribution < -0.4 is 5.32 Å². The first-order chi connectivity index (χ1) is 12.8. The lowest BCUT2D eigenvalue weighted by Crippen LogP contribution is -2.25. The summed E-state index contributed by atoms with van der Waals surface area (Å²) in [7, 11) is -0.922. The third kappa shape index (κ3) is 5.46. The first-order valence-electron chi connectivity index (χ1n) is 9.14. The molecular formula is C20H26N2O3S2. The van der Waals surface area contributed by atoms with Crippen LogP contribution in [0.4, 0.5) is 5.69 Å². The van der Waals surface area contributed by atoms with Crippen LogP contribution in [-0.2, 0) is 26.7 Å². The number of benzene rings is 1. The molecule has 27 heavy (non-hydrogen) atoms. The van der Waals surface area contributed by atoms with Crippen molar-refractivity contribution in [2.75, 3.05) is 18.5 Å². The molecule has 1 atom stereocenters. The quantitative estimate of drug-likeness (QED) is 0.811. The second kappa shape index (κ2) is 8.63. The third-order valence-corrected chi connectivity index (χ3v) is 7.66. The number of amides is 1. The normalized spacial score (nSPS) is 16.9. The molecule has 1 fully saturated rings. The Balaban J connectivity index is 1.64. The summed E-state index contributed by atoms with van der Waals surface area (Å²) < 4.78 is 17.9. The van der Waals surface area contributed by atoms with E-state index < -0.39 is 10.8 Å². The highest BCUT2D eigenvalue weighted by molar-refractivity contribution is 7.84. The molecule has 0 saturated carbocycles. The van der Waals surface area contributed by atoms with Gasteiger partial charge in [0.25, 0.3) is 5.91 Å². The lowest BCUT2D eigenvalue weighted by Gasteiger charge is -2.21. The van der Waals surface area contributed by atoms with Crippen molar-refractivity contribution >= 4 is 33.7 Å². The molecule has 2 heterocycles. The number of aromatic nitrogens is 1. The Morgan fingerprint density at radius 3 is 2.74 bits per heavy atom. The Kier molecular flexibility index (Phi) is 6.44. The van der Waals surface area contributed by atoms with E-state index >= 15 is 0 Å². The Bertz CT molecular complexity index is 821. The van der Waals surface area contributed by atoms with Crippen LogP contribution in [0.3, 0.4) is 0 Å². The molecule has 5 nitrogen and oxygen atoms in total. The standard InChI is InChI=1S/C20H26N2O3S2/c1-20(2,3)19-21-12-17(26-19)18(23)22-15-6-4-5-14(11-15)13-27(24)16-7-9-25-10-8-16/h4-6,11-12,16H,7-10,13H2,1-3H3,(H,22,23). The van der Waals surface area contributed by atoms with Gasteiger partial charge in [-0.3, -0.25) is 9.00 Å². The van der Waals surface area contributed by atoms with Crippen LogP contribution in [0.15, 0.2) is 30.5 Å². The maximum atomic E-state index is 12.6. The fraction of sp³-hybridized carbons (Fsp3) is 0.500. The average molecular weight is 407 g/mol. The van der Waals surface area contributed by atoms with Crippen molar-refractivity contribution in [2.24, 2.45) is 0 Å². The molecule has 0 aliphatic carbocycles. The number of nitrogens with zero attached hydrogens (tertiary/aromatic N) is 1. The van der Waals surface area contributed by atoms with E-state index in [4.69, 9.17) is 4.74 Å². The van der Waals surface area contributed by atoms with Crippen molar-refractivity contribution in [2.45, 2.75) is 50.0 Å². The minimum atomic E-state index is -0.922. The summed E-state index contributed by atoms with van der Waals surface area (Å²) >= 11 is 1.42. The average Bonchev–Trinajstić information content (AvgIpc) is 3.13. The van der Waals surface area contributed by atoms with Gasteiger partial charge in [-0.05, 0) is 30.5 Å². The Morgan fingerprint density at radius 1 is 1.33 bits per heavy atom. The molecule has 146 valence electrons. The summed E-state index contributed by atoms with van der Waals surface area (Å²) in [5, 5.41) is 4.07. The van der Waals surface area contributed by atoms with Gasteiger partial charge in [-0.25, -0.2) is 4.98 Å². The molecule has 0 bridgehead atoms. The molecule has 3 rings (SSSR count). The van der Waals surface area contributed by atoms with Crippen LogP contribution in [-0.4, -0.2) is 33.6 Å². The van der Waals surface area contributed by atoms with Gasteiger partial charge >= 0.3 is 0 Å². The number of carbonyl (C=O) groups is 1. The molecule has 1 aliphatic heterocycles. The molecule has 1 aliphatic rings. The summed E-state index contributed by atoms with van der Waals surface area (Å²) in [5.41, 5.74) is 1.61. The summed E-state index contributed by atoms with van der Waals surface area (Å²) in [6.45, 7) is 7.62. The highest BCUT2D eigenvalue weighted by atomic mass is 32.2. The van der Waals surface area contributed by atoms with E-state index in [2.05, 4.69) is 31.1 Å². The van der Waals surface area contributed by atoms with Gasteiger partial charge in [-0.2, -0.15) is 0 Å². The predicted molar refractivity (Wildman–Crippen MR) is 111 cm³/mol. The molecule has 1 aromatic heterocycles. The molecule has 0 spiro atoms. The van der Waals surface area contributed by atoms with Crippen molar-refractivity contribution in [3.05, 3.63) is 45.9 Å². The number of rotatable bonds is 5. The first-order valence-corrected chi connectivity index (χ1v) is 11.3. The van der Waals surface area contributed by atoms with Gasteiger partial charge < -0.3 is 10.1 Å². The third-order valence-electron chi connectivity index (χ3n) is 4.40. The first kappa shape index (κ1) is 20.2. The van der Waals surface area contributed by atoms with Gasteiger partial charge in [-0.15, -0.1) is 11.3 Å². The highest BCUT2D eigenvalue weighted by Crippen LogP contribution is 2.27. The van der Waals surface area contributed by atoms with Gasteiger partial charge in [0.2, 0.25) is 0 Å². The lowest BCUT2D eigenvalue weighted by atomic mass is 9.98. The maximum absolute atomic E-state index is 12.6. The minimum Gasteiger partial charge on any atom is -0.381 e. The molecule has 1 aromatic carbocycles. The number of nitrogens with one attached hydrogen (secondary N) is 1. The largest absolute Gasteiger partial charge is 0.381 e. The van der Waals surface area contributed by atoms with E-state index in [0.717, 1.165) is 23.4 Å². The van der Waals surface area contributed by atoms with Crippen LogP contribution in [0.5, 0.6) is 0 Å². The van der Waals surface area contributed by atoms with Gasteiger partial charge in [0, 0.05) is 46.1 Å². The zero-order valence-electron chi connectivity index (χ0n) is 16.0. The van der Waals surface area contributed by atoms with E-state index in [0.29, 0.717) is 29.5 Å². The molecule has 2 aromatic rings. The maximum Gasteiger partial charge on any atom is 0.267 e. The van der Waals surface area contributed by atoms with Crippen LogP contribution in [0, 0.1) is 0 Å². The van der Waals surface area contributed by atoms with Crippen molar-refractivity contribution in [1.29, 1.82) is 0 Å². The SMILES string of the molecule is CC(C)(C)c1ncc(C(=O)Nc2cccc(CS(=O)C3CCOCC3)c2)s1. The zero-order chi connectivity index (χ0) is 19.4. The molecular weight excluding hydrogens is 380 g/mol. The molecule has 1 saturated heterocycles. The molecule has 1 N–H and O–H groups in total. The topological polar surface area (TPSA) is 68.3 Å². The number of thiazole rings is 1. The molecule has 0 radical (unpaired) electrons. The second-order valence-corrected chi connectivity index (χ2v) is 10.5. The molecule has 1 amide bonds. The fourth-order valence-electron chi connectivity index (χ4n) is 2.88. The molecule has 7 heteroatoms. The summed E-state index contributed by atoms with van der Waals surface area (Å²) in [6, 6.07) is 7.60. The van der Waals surface area contributed by atoms with Gasteiger partial charge in [0.05, 0.1) is 11.2 Å². The van der Waals surface area contributed by atoms with Crippen LogP contribution in [0.1, 0.15) is 53.9 Å². The summed E-state index contributed by atoms with van der Waals surface area (Å²) in [6.07, 6.45) is 3.33. The summed E-state index contributed by atoms with van der Waals surface area (Å²) in [5.74, 6) is 0.342. The fourth-order valence-corrected chi connectivity index (χ4v) is 5.21. The Labute approximate surface area is 167 Å². The van der Waals surface area contributed by atoms with Crippen molar-refractivity contribution in [3.63, 3.8) is 0 Å². The van der Waals surface area contributed by atoms with Gasteiger partial charge in [-0.1, -0.05) is 32.9 Å². The lowest BCUT2D eigenvalue weighted by molar-refractivity contribution is 0.0991. The molecule has 1 unspecified atom stereocenters. The smallest absolute Gasteiger partial charge is 0.267 e. The highest BCUT2D eigenvalue weighted by Gasteiger charge is 2.22. The van der Waals surface area contributed by atoms with E-state index in [1.807, 2.05) is 24.3 Å². The van der Waals surface area contributed by atoms with Crippen molar-refractivity contribution in [1.82, 2.24) is 4.98 Å². The monoisotopic (exact) mass is 406 g/mol. The zero-order valence-corrected chi connectivity index (χ0v) is 17.6. The van der Waals surface area contributed by atoms with Gasteiger partial charge in [0.15, 0.2) is 0 Å². The Hall–Kier alpha value is -1.57. The number of carbonyl (C=O) groups excluding carboxylic acids is 1. The Morgan fingerprint density at radius 2 is 2.07 bits per heavy atom. The number of ether oxygens (including phenoxy) is 1. The minimum absolute atomic E-state index is 0.0721. The summed E-state index contributed by atoms with van der Waals surface area (Å²) in [4.78, 5) is 17.5. The van der Waals surface area contributed by atoms with Crippen molar-refractivity contribution < 1.29 is 13.7 Å². The van der Waals surface area contributed by atoms with E-state index in [1.165, 1.54) is 11.3 Å². The van der Waals surface area contributed by atoms with Crippen LogP contribution in [0.25, 0.3) is 0 Å². The predicted octanol–water partition coefficient (Wildman–Crippen LogP) is 4.12. The van der Waals surface area contributed by atoms with E-state index in [1.54, 1.807) is 6.20 Å².